The van der Waals surface area contributed by atoms with Gasteiger partial charge in [-0.15, -0.1) is 0 Å². The third kappa shape index (κ3) is 4.13. The summed E-state index contributed by atoms with van der Waals surface area (Å²) in [6.07, 6.45) is 2.75. The molecule has 19 heavy (non-hydrogen) atoms. The van der Waals surface area contributed by atoms with Crippen molar-refractivity contribution in [2.24, 2.45) is 0 Å². The molecule has 106 valence electrons. The van der Waals surface area contributed by atoms with E-state index in [-0.39, 0.29) is 0 Å². The van der Waals surface area contributed by atoms with E-state index in [1.807, 2.05) is 0 Å². The average Bonchev–Trinajstić information content (AvgIpc) is 2.95. The van der Waals surface area contributed by atoms with Crippen molar-refractivity contribution >= 4 is 11.4 Å². The van der Waals surface area contributed by atoms with Gasteiger partial charge >= 0.3 is 0 Å². The Morgan fingerprint density at radius 2 is 1.68 bits per heavy atom. The summed E-state index contributed by atoms with van der Waals surface area (Å²) in [6.45, 7) is 11.3. The van der Waals surface area contributed by atoms with Crippen LogP contribution in [0, 0.1) is 0 Å². The third-order valence-corrected chi connectivity index (χ3v) is 3.95. The van der Waals surface area contributed by atoms with Crippen molar-refractivity contribution in [3.8, 4) is 0 Å². The summed E-state index contributed by atoms with van der Waals surface area (Å²) in [5, 5.41) is 3.51. The van der Waals surface area contributed by atoms with Crippen LogP contribution in [0.5, 0.6) is 0 Å². The second-order valence-corrected chi connectivity index (χ2v) is 5.19. The summed E-state index contributed by atoms with van der Waals surface area (Å²) in [5.74, 6) is 0. The quantitative estimate of drug-likeness (QED) is 0.814. The first-order valence-corrected chi connectivity index (χ1v) is 7.64. The van der Waals surface area contributed by atoms with Crippen molar-refractivity contribution in [2.75, 3.05) is 49.5 Å². The lowest BCUT2D eigenvalue weighted by atomic mass is 10.2. The summed E-state index contributed by atoms with van der Waals surface area (Å²) in [5.41, 5.74) is 2.55. The number of hydrogen-bond acceptors (Lipinski definition) is 3. The van der Waals surface area contributed by atoms with Crippen molar-refractivity contribution < 1.29 is 0 Å². The first-order valence-electron chi connectivity index (χ1n) is 7.64. The molecule has 0 aliphatic carbocycles. The van der Waals surface area contributed by atoms with Gasteiger partial charge in [0.05, 0.1) is 0 Å². The zero-order valence-electron chi connectivity index (χ0n) is 12.4. The maximum atomic E-state index is 3.51. The fraction of sp³-hybridized carbons (Fsp3) is 0.625. The average molecular weight is 261 g/mol. The fourth-order valence-corrected chi connectivity index (χ4v) is 2.74. The van der Waals surface area contributed by atoms with Gasteiger partial charge in [0.1, 0.15) is 0 Å². The largest absolute Gasteiger partial charge is 0.384 e. The van der Waals surface area contributed by atoms with Crippen LogP contribution in [0.1, 0.15) is 26.7 Å². The van der Waals surface area contributed by atoms with E-state index in [2.05, 4.69) is 53.2 Å². The lowest BCUT2D eigenvalue weighted by Gasteiger charge is -2.21. The molecule has 1 aromatic carbocycles. The molecule has 0 saturated carbocycles. The molecule has 3 heteroatoms. The Hall–Kier alpha value is -1.22. The molecule has 1 aliphatic rings. The molecule has 1 aromatic rings. The minimum atomic E-state index is 1.05. The molecule has 1 N–H and O–H groups in total. The first-order chi connectivity index (χ1) is 9.33. The summed E-state index contributed by atoms with van der Waals surface area (Å²) < 4.78 is 0. The van der Waals surface area contributed by atoms with Crippen LogP contribution in [0.4, 0.5) is 11.4 Å². The Balaban J connectivity index is 1.77. The minimum Gasteiger partial charge on any atom is -0.384 e. The van der Waals surface area contributed by atoms with E-state index in [4.69, 9.17) is 0 Å². The summed E-state index contributed by atoms with van der Waals surface area (Å²) in [4.78, 5) is 4.91. The van der Waals surface area contributed by atoms with Crippen LogP contribution >= 0.6 is 0 Å². The molecule has 1 fully saturated rings. The Bertz CT molecular complexity index is 351. The predicted molar refractivity (Wildman–Crippen MR) is 84.2 cm³/mol. The molecular formula is C16H27N3. The smallest absolute Gasteiger partial charge is 0.0367 e. The molecular weight excluding hydrogens is 234 g/mol. The summed E-state index contributed by atoms with van der Waals surface area (Å²) in [6, 6.07) is 8.81. The zero-order valence-corrected chi connectivity index (χ0v) is 12.4. The maximum absolute atomic E-state index is 3.51. The van der Waals surface area contributed by atoms with Gasteiger partial charge in [-0.1, -0.05) is 0 Å². The minimum absolute atomic E-state index is 1.05. The molecule has 1 saturated heterocycles. The van der Waals surface area contributed by atoms with Crippen molar-refractivity contribution in [3.63, 3.8) is 0 Å². The Labute approximate surface area is 117 Å². The lowest BCUT2D eigenvalue weighted by molar-refractivity contribution is 0.352. The van der Waals surface area contributed by atoms with Gasteiger partial charge in [0.25, 0.3) is 0 Å². The van der Waals surface area contributed by atoms with Crippen molar-refractivity contribution in [3.05, 3.63) is 24.3 Å². The second kappa shape index (κ2) is 7.39. The Morgan fingerprint density at radius 3 is 2.26 bits per heavy atom. The van der Waals surface area contributed by atoms with Gasteiger partial charge in [0.2, 0.25) is 0 Å². The van der Waals surface area contributed by atoms with Crippen LogP contribution in [0.25, 0.3) is 0 Å². The third-order valence-electron chi connectivity index (χ3n) is 3.95. The van der Waals surface area contributed by atoms with Gasteiger partial charge in [-0.25, -0.2) is 0 Å². The number of hydrogen-bond donors (Lipinski definition) is 1. The molecule has 2 rings (SSSR count). The fourth-order valence-electron chi connectivity index (χ4n) is 2.74. The standard InChI is InChI=1S/C16H27N3/c1-3-19(4-2)16-9-7-15(8-10-16)17-11-14-18-12-5-6-13-18/h7-10,17H,3-6,11-14H2,1-2H3. The number of likely N-dealkylation sites (tertiary alicyclic amines) is 1. The van der Waals surface area contributed by atoms with Crippen LogP contribution in [-0.2, 0) is 0 Å². The van der Waals surface area contributed by atoms with E-state index in [0.717, 1.165) is 26.2 Å². The summed E-state index contributed by atoms with van der Waals surface area (Å²) >= 11 is 0. The zero-order chi connectivity index (χ0) is 13.5. The number of benzene rings is 1. The molecule has 1 aliphatic heterocycles. The van der Waals surface area contributed by atoms with Crippen LogP contribution in [0.15, 0.2) is 24.3 Å². The van der Waals surface area contributed by atoms with Gasteiger partial charge in [-0.05, 0) is 64.0 Å². The van der Waals surface area contributed by atoms with E-state index in [1.165, 1.54) is 37.3 Å². The van der Waals surface area contributed by atoms with Crippen molar-refractivity contribution in [2.45, 2.75) is 26.7 Å². The van der Waals surface area contributed by atoms with E-state index in [9.17, 15) is 0 Å². The highest BCUT2D eigenvalue weighted by molar-refractivity contribution is 5.55. The molecule has 1 heterocycles. The highest BCUT2D eigenvalue weighted by Gasteiger charge is 2.10. The normalized spacial score (nSPS) is 15.7. The van der Waals surface area contributed by atoms with E-state index < -0.39 is 0 Å². The van der Waals surface area contributed by atoms with E-state index in [1.54, 1.807) is 0 Å². The highest BCUT2D eigenvalue weighted by Crippen LogP contribution is 2.17. The van der Waals surface area contributed by atoms with Crippen molar-refractivity contribution in [1.82, 2.24) is 4.90 Å². The van der Waals surface area contributed by atoms with Crippen LogP contribution < -0.4 is 10.2 Å². The van der Waals surface area contributed by atoms with Gasteiger partial charge in [0.15, 0.2) is 0 Å². The van der Waals surface area contributed by atoms with Gasteiger partial charge in [-0.2, -0.15) is 0 Å². The Morgan fingerprint density at radius 1 is 1.05 bits per heavy atom. The highest BCUT2D eigenvalue weighted by atomic mass is 15.1. The first kappa shape index (κ1) is 14.2. The number of rotatable bonds is 7. The Kier molecular flexibility index (Phi) is 5.52. The van der Waals surface area contributed by atoms with Gasteiger partial charge in [-0.3, -0.25) is 0 Å². The molecule has 0 unspecified atom stereocenters. The number of nitrogens with zero attached hydrogens (tertiary/aromatic N) is 2. The molecule has 0 atom stereocenters. The number of nitrogens with one attached hydrogen (secondary N) is 1. The lowest BCUT2D eigenvalue weighted by Crippen LogP contribution is -2.26. The molecule has 0 aromatic heterocycles. The predicted octanol–water partition coefficient (Wildman–Crippen LogP) is 3.04. The van der Waals surface area contributed by atoms with Crippen LogP contribution in [0.2, 0.25) is 0 Å². The van der Waals surface area contributed by atoms with Gasteiger partial charge in [0, 0.05) is 37.6 Å². The maximum Gasteiger partial charge on any atom is 0.0367 e. The molecule has 3 nitrogen and oxygen atoms in total. The van der Waals surface area contributed by atoms with Crippen LogP contribution in [-0.4, -0.2) is 44.2 Å². The van der Waals surface area contributed by atoms with Gasteiger partial charge < -0.3 is 15.1 Å². The molecule has 0 spiro atoms. The van der Waals surface area contributed by atoms with E-state index in [0.29, 0.717) is 0 Å². The molecule has 0 bridgehead atoms. The molecule has 0 radical (unpaired) electrons. The van der Waals surface area contributed by atoms with E-state index >= 15 is 0 Å². The monoisotopic (exact) mass is 261 g/mol. The number of anilines is 2. The van der Waals surface area contributed by atoms with Crippen molar-refractivity contribution in [1.29, 1.82) is 0 Å². The second-order valence-electron chi connectivity index (χ2n) is 5.19. The van der Waals surface area contributed by atoms with Crippen LogP contribution in [0.3, 0.4) is 0 Å². The summed E-state index contributed by atoms with van der Waals surface area (Å²) in [7, 11) is 0. The molecule has 0 amide bonds. The SMILES string of the molecule is CCN(CC)c1ccc(NCCN2CCCC2)cc1. The topological polar surface area (TPSA) is 18.5 Å².